The van der Waals surface area contributed by atoms with Crippen LogP contribution in [0.3, 0.4) is 0 Å². The summed E-state index contributed by atoms with van der Waals surface area (Å²) in [4.78, 5) is 1.13. The first-order valence-corrected chi connectivity index (χ1v) is 5.34. The average Bonchev–Trinajstić information content (AvgIpc) is 2.04. The molecule has 0 saturated carbocycles. The smallest absolute Gasteiger partial charge is 0.121 e. The zero-order valence-electron chi connectivity index (χ0n) is 7.13. The van der Waals surface area contributed by atoms with Crippen molar-refractivity contribution in [1.29, 1.82) is 0 Å². The number of hydrogen-bond acceptors (Lipinski definition) is 2. The normalized spacial score (nSPS) is 9.92. The molecule has 0 aliphatic heterocycles. The van der Waals surface area contributed by atoms with E-state index in [2.05, 4.69) is 0 Å². The van der Waals surface area contributed by atoms with Crippen molar-refractivity contribution in [2.75, 3.05) is 12.9 Å². The molecule has 12 heavy (non-hydrogen) atoms. The Morgan fingerprint density at radius 1 is 1.42 bits per heavy atom. The molecule has 3 heteroatoms. The number of thioether (sulfide) groups is 1. The minimum atomic E-state index is 0.675. The molecule has 0 heterocycles. The summed E-state index contributed by atoms with van der Waals surface area (Å²) in [6.45, 7) is 2.63. The van der Waals surface area contributed by atoms with Crippen LogP contribution in [0, 0.1) is 0 Å². The predicted octanol–water partition coefficient (Wildman–Crippen LogP) is 3.46. The van der Waals surface area contributed by atoms with Gasteiger partial charge in [-0.2, -0.15) is 0 Å². The molecule has 0 spiro atoms. The van der Waals surface area contributed by atoms with E-state index in [0.717, 1.165) is 15.7 Å². The fraction of sp³-hybridized carbons (Fsp3) is 0.333. The second kappa shape index (κ2) is 4.63. The second-order valence-corrected chi connectivity index (χ2v) is 3.58. The first-order chi connectivity index (χ1) is 5.76. The van der Waals surface area contributed by atoms with Gasteiger partial charge < -0.3 is 4.74 Å². The average molecular weight is 203 g/mol. The van der Waals surface area contributed by atoms with E-state index < -0.39 is 0 Å². The Balaban J connectivity index is 2.90. The maximum atomic E-state index is 5.87. The van der Waals surface area contributed by atoms with Crippen LogP contribution in [0.1, 0.15) is 6.92 Å². The molecular weight excluding hydrogens is 192 g/mol. The summed E-state index contributed by atoms with van der Waals surface area (Å²) in [6.07, 6.45) is 2.02. The third kappa shape index (κ3) is 2.61. The van der Waals surface area contributed by atoms with E-state index in [4.69, 9.17) is 16.3 Å². The number of halogens is 1. The van der Waals surface area contributed by atoms with Crippen LogP contribution in [0.5, 0.6) is 5.75 Å². The second-order valence-electron chi connectivity index (χ2n) is 2.26. The summed E-state index contributed by atoms with van der Waals surface area (Å²) in [5, 5.41) is 0.727. The van der Waals surface area contributed by atoms with E-state index in [-0.39, 0.29) is 0 Å². The van der Waals surface area contributed by atoms with Crippen LogP contribution in [0.25, 0.3) is 0 Å². The molecule has 1 rings (SSSR count). The summed E-state index contributed by atoms with van der Waals surface area (Å²) in [5.41, 5.74) is 0. The van der Waals surface area contributed by atoms with Gasteiger partial charge in [-0.15, -0.1) is 11.8 Å². The summed E-state index contributed by atoms with van der Waals surface area (Å²) >= 11 is 7.53. The minimum Gasteiger partial charge on any atom is -0.494 e. The lowest BCUT2D eigenvalue weighted by atomic mass is 10.3. The molecule has 66 valence electrons. The van der Waals surface area contributed by atoms with Gasteiger partial charge in [0, 0.05) is 9.92 Å². The number of rotatable bonds is 3. The van der Waals surface area contributed by atoms with E-state index in [1.165, 1.54) is 0 Å². The highest BCUT2D eigenvalue weighted by Crippen LogP contribution is 2.26. The summed E-state index contributed by atoms with van der Waals surface area (Å²) in [7, 11) is 0. The zero-order chi connectivity index (χ0) is 8.97. The van der Waals surface area contributed by atoms with Crippen LogP contribution in [0.4, 0.5) is 0 Å². The molecule has 0 aliphatic rings. The molecule has 1 aromatic carbocycles. The number of ether oxygens (including phenoxy) is 1. The third-order valence-electron chi connectivity index (χ3n) is 1.39. The molecule has 0 aliphatic carbocycles. The molecule has 0 bridgehead atoms. The van der Waals surface area contributed by atoms with Crippen molar-refractivity contribution in [3.05, 3.63) is 23.2 Å². The molecule has 0 radical (unpaired) electrons. The molecule has 1 aromatic rings. The largest absolute Gasteiger partial charge is 0.494 e. The number of benzene rings is 1. The monoisotopic (exact) mass is 202 g/mol. The van der Waals surface area contributed by atoms with Crippen molar-refractivity contribution in [3.8, 4) is 5.75 Å². The van der Waals surface area contributed by atoms with Crippen LogP contribution in [-0.2, 0) is 0 Å². The fourth-order valence-electron chi connectivity index (χ4n) is 0.905. The van der Waals surface area contributed by atoms with Crippen LogP contribution in [0.15, 0.2) is 23.1 Å². The van der Waals surface area contributed by atoms with E-state index >= 15 is 0 Å². The third-order valence-corrected chi connectivity index (χ3v) is 2.32. The lowest BCUT2D eigenvalue weighted by molar-refractivity contribution is 0.339. The molecule has 0 N–H and O–H groups in total. The highest BCUT2D eigenvalue weighted by atomic mass is 35.5. The van der Waals surface area contributed by atoms with Crippen LogP contribution >= 0.6 is 23.4 Å². The quantitative estimate of drug-likeness (QED) is 0.695. The van der Waals surface area contributed by atoms with Gasteiger partial charge in [0.1, 0.15) is 5.75 Å². The van der Waals surface area contributed by atoms with Gasteiger partial charge in [-0.3, -0.25) is 0 Å². The molecule has 0 saturated heterocycles. The van der Waals surface area contributed by atoms with E-state index in [1.807, 2.05) is 31.4 Å². The Hall–Kier alpha value is -0.340. The van der Waals surface area contributed by atoms with E-state index in [0.29, 0.717) is 6.61 Å². The SMILES string of the molecule is CCOc1cc(Cl)cc(SC)c1. The molecular formula is C9H11ClOS. The van der Waals surface area contributed by atoms with Crippen molar-refractivity contribution >= 4 is 23.4 Å². The van der Waals surface area contributed by atoms with Crippen molar-refractivity contribution < 1.29 is 4.74 Å². The Morgan fingerprint density at radius 2 is 2.17 bits per heavy atom. The molecule has 0 amide bonds. The molecule has 0 fully saturated rings. The molecule has 1 nitrogen and oxygen atoms in total. The van der Waals surface area contributed by atoms with Crippen LogP contribution in [0.2, 0.25) is 5.02 Å². The van der Waals surface area contributed by atoms with Gasteiger partial charge in [0.2, 0.25) is 0 Å². The Morgan fingerprint density at radius 3 is 2.75 bits per heavy atom. The molecule has 0 unspecified atom stereocenters. The van der Waals surface area contributed by atoms with Gasteiger partial charge >= 0.3 is 0 Å². The van der Waals surface area contributed by atoms with Gasteiger partial charge in [-0.25, -0.2) is 0 Å². The topological polar surface area (TPSA) is 9.23 Å². The van der Waals surface area contributed by atoms with Crippen molar-refractivity contribution in [1.82, 2.24) is 0 Å². The van der Waals surface area contributed by atoms with Crippen LogP contribution in [-0.4, -0.2) is 12.9 Å². The first-order valence-electron chi connectivity index (χ1n) is 3.73. The Labute approximate surface area is 82.1 Å². The van der Waals surface area contributed by atoms with Crippen LogP contribution < -0.4 is 4.74 Å². The summed E-state index contributed by atoms with van der Waals surface area (Å²) < 4.78 is 5.33. The summed E-state index contributed by atoms with van der Waals surface area (Å²) in [6, 6.07) is 5.74. The maximum absolute atomic E-state index is 5.87. The van der Waals surface area contributed by atoms with Gasteiger partial charge in [0.15, 0.2) is 0 Å². The summed E-state index contributed by atoms with van der Waals surface area (Å²) in [5.74, 6) is 0.842. The minimum absolute atomic E-state index is 0.675. The number of hydrogen-bond donors (Lipinski definition) is 0. The van der Waals surface area contributed by atoms with Gasteiger partial charge in [0.05, 0.1) is 6.61 Å². The standard InChI is InChI=1S/C9H11ClOS/c1-3-11-8-4-7(10)5-9(6-8)12-2/h4-6H,3H2,1-2H3. The molecule has 0 atom stereocenters. The lowest BCUT2D eigenvalue weighted by Crippen LogP contribution is -1.91. The Bertz CT molecular complexity index is 263. The predicted molar refractivity (Wildman–Crippen MR) is 54.4 cm³/mol. The highest BCUT2D eigenvalue weighted by Gasteiger charge is 1.98. The van der Waals surface area contributed by atoms with Gasteiger partial charge in [0.25, 0.3) is 0 Å². The van der Waals surface area contributed by atoms with E-state index in [9.17, 15) is 0 Å². The maximum Gasteiger partial charge on any atom is 0.121 e. The van der Waals surface area contributed by atoms with E-state index in [1.54, 1.807) is 11.8 Å². The van der Waals surface area contributed by atoms with Gasteiger partial charge in [-0.05, 0) is 31.4 Å². The zero-order valence-corrected chi connectivity index (χ0v) is 8.71. The van der Waals surface area contributed by atoms with Crippen molar-refractivity contribution in [2.45, 2.75) is 11.8 Å². The van der Waals surface area contributed by atoms with Gasteiger partial charge in [-0.1, -0.05) is 11.6 Å². The van der Waals surface area contributed by atoms with Crippen molar-refractivity contribution in [2.24, 2.45) is 0 Å². The Kier molecular flexibility index (Phi) is 3.76. The first kappa shape index (κ1) is 9.75. The lowest BCUT2D eigenvalue weighted by Gasteiger charge is -2.05. The fourth-order valence-corrected chi connectivity index (χ4v) is 1.67. The highest BCUT2D eigenvalue weighted by molar-refractivity contribution is 7.98. The van der Waals surface area contributed by atoms with Crippen molar-refractivity contribution in [3.63, 3.8) is 0 Å². The molecule has 0 aromatic heterocycles.